The summed E-state index contributed by atoms with van der Waals surface area (Å²) in [5.41, 5.74) is 7.44. The Morgan fingerprint density at radius 3 is 2.89 bits per heavy atom. The van der Waals surface area contributed by atoms with E-state index in [1.807, 2.05) is 24.0 Å². The third kappa shape index (κ3) is 4.77. The minimum absolute atomic E-state index is 0.00455. The van der Waals surface area contributed by atoms with Crippen LogP contribution in [-0.4, -0.2) is 41.5 Å². The molecular formula is C21H27N3O3. The summed E-state index contributed by atoms with van der Waals surface area (Å²) in [6.45, 7) is 4.05. The fourth-order valence-corrected chi connectivity index (χ4v) is 3.35. The average molecular weight is 369 g/mol. The number of nitrogens with zero attached hydrogens (tertiary/aromatic N) is 2. The van der Waals surface area contributed by atoms with Crippen LogP contribution in [0, 0.1) is 0 Å². The number of hydrogen-bond donors (Lipinski definition) is 1. The average Bonchev–Trinajstić information content (AvgIpc) is 2.73. The molecule has 1 unspecified atom stereocenters. The normalized spacial score (nSPS) is 16.8. The first-order valence-corrected chi connectivity index (χ1v) is 9.52. The van der Waals surface area contributed by atoms with Crippen molar-refractivity contribution in [2.75, 3.05) is 19.7 Å². The molecule has 3 rings (SSSR count). The molecule has 144 valence electrons. The maximum Gasteiger partial charge on any atom is 0.254 e. The molecule has 1 aromatic heterocycles. The van der Waals surface area contributed by atoms with E-state index in [1.54, 1.807) is 30.6 Å². The fourth-order valence-electron chi connectivity index (χ4n) is 3.35. The smallest absolute Gasteiger partial charge is 0.254 e. The SMILES string of the molecule is CCOc1cc(C(=O)N2CCCCC2CN)ccc1OCc1cccnc1. The first kappa shape index (κ1) is 19.2. The summed E-state index contributed by atoms with van der Waals surface area (Å²) >= 11 is 0. The molecular weight excluding hydrogens is 342 g/mol. The summed E-state index contributed by atoms with van der Waals surface area (Å²) in [5, 5.41) is 0. The highest BCUT2D eigenvalue weighted by atomic mass is 16.5. The van der Waals surface area contributed by atoms with Gasteiger partial charge >= 0.3 is 0 Å². The Balaban J connectivity index is 1.77. The fraction of sp³-hybridized carbons (Fsp3) is 0.429. The molecule has 2 aromatic rings. The second kappa shape index (κ2) is 9.37. The molecule has 1 atom stereocenters. The molecule has 6 heteroatoms. The lowest BCUT2D eigenvalue weighted by atomic mass is 10.0. The van der Waals surface area contributed by atoms with Crippen LogP contribution in [0.1, 0.15) is 42.1 Å². The number of aromatic nitrogens is 1. The van der Waals surface area contributed by atoms with Crippen LogP contribution in [-0.2, 0) is 6.61 Å². The Morgan fingerprint density at radius 2 is 2.15 bits per heavy atom. The van der Waals surface area contributed by atoms with Crippen LogP contribution in [0.4, 0.5) is 0 Å². The molecule has 1 saturated heterocycles. The second-order valence-electron chi connectivity index (χ2n) is 6.63. The highest BCUT2D eigenvalue weighted by molar-refractivity contribution is 5.95. The van der Waals surface area contributed by atoms with Gasteiger partial charge in [0.1, 0.15) is 6.61 Å². The highest BCUT2D eigenvalue weighted by Gasteiger charge is 2.27. The zero-order valence-corrected chi connectivity index (χ0v) is 15.8. The van der Waals surface area contributed by atoms with Crippen molar-refractivity contribution in [3.63, 3.8) is 0 Å². The first-order chi connectivity index (χ1) is 13.2. The van der Waals surface area contributed by atoms with Gasteiger partial charge in [0.2, 0.25) is 0 Å². The number of pyridine rings is 1. The number of rotatable bonds is 7. The molecule has 1 aliphatic heterocycles. The van der Waals surface area contributed by atoms with Crippen LogP contribution in [0.5, 0.6) is 11.5 Å². The summed E-state index contributed by atoms with van der Waals surface area (Å²) in [6.07, 6.45) is 6.60. The summed E-state index contributed by atoms with van der Waals surface area (Å²) in [5.74, 6) is 1.20. The lowest BCUT2D eigenvalue weighted by Gasteiger charge is -2.35. The van der Waals surface area contributed by atoms with E-state index in [2.05, 4.69) is 4.98 Å². The van der Waals surface area contributed by atoms with Gasteiger partial charge in [-0.05, 0) is 50.5 Å². The Labute approximate surface area is 160 Å². The number of carbonyl (C=O) groups excluding carboxylic acids is 1. The number of amides is 1. The topological polar surface area (TPSA) is 77.7 Å². The van der Waals surface area contributed by atoms with Crippen LogP contribution in [0.25, 0.3) is 0 Å². The standard InChI is InChI=1S/C21H27N3O3/c1-2-26-20-12-17(21(25)24-11-4-3-7-18(24)13-22)8-9-19(20)27-15-16-6-5-10-23-14-16/h5-6,8-10,12,14,18H,2-4,7,11,13,15,22H2,1H3. The van der Waals surface area contributed by atoms with Crippen molar-refractivity contribution < 1.29 is 14.3 Å². The van der Waals surface area contributed by atoms with Gasteiger partial charge in [0.15, 0.2) is 11.5 Å². The van der Waals surface area contributed by atoms with Crippen molar-refractivity contribution >= 4 is 5.91 Å². The monoisotopic (exact) mass is 369 g/mol. The number of ether oxygens (including phenoxy) is 2. The summed E-state index contributed by atoms with van der Waals surface area (Å²) in [4.78, 5) is 19.0. The van der Waals surface area contributed by atoms with E-state index >= 15 is 0 Å². The van der Waals surface area contributed by atoms with Crippen molar-refractivity contribution in [3.8, 4) is 11.5 Å². The van der Waals surface area contributed by atoms with Crippen molar-refractivity contribution in [2.24, 2.45) is 5.73 Å². The molecule has 27 heavy (non-hydrogen) atoms. The third-order valence-electron chi connectivity index (χ3n) is 4.77. The Hall–Kier alpha value is -2.60. The minimum atomic E-state index is 0.00455. The van der Waals surface area contributed by atoms with Crippen molar-refractivity contribution in [3.05, 3.63) is 53.9 Å². The van der Waals surface area contributed by atoms with E-state index < -0.39 is 0 Å². The highest BCUT2D eigenvalue weighted by Crippen LogP contribution is 2.30. The van der Waals surface area contributed by atoms with Crippen molar-refractivity contribution in [1.82, 2.24) is 9.88 Å². The molecule has 0 radical (unpaired) electrons. The number of hydrogen-bond acceptors (Lipinski definition) is 5. The van der Waals surface area contributed by atoms with Gasteiger partial charge in [-0.1, -0.05) is 6.07 Å². The molecule has 2 heterocycles. The maximum atomic E-state index is 13.0. The van der Waals surface area contributed by atoms with Crippen molar-refractivity contribution in [2.45, 2.75) is 38.8 Å². The Kier molecular flexibility index (Phi) is 6.65. The summed E-state index contributed by atoms with van der Waals surface area (Å²) in [6, 6.07) is 9.31. The molecule has 6 nitrogen and oxygen atoms in total. The molecule has 1 fully saturated rings. The van der Waals surface area contributed by atoms with Gasteiger partial charge in [0.25, 0.3) is 5.91 Å². The number of carbonyl (C=O) groups is 1. The number of piperidine rings is 1. The van der Waals surface area contributed by atoms with Gasteiger partial charge in [-0.15, -0.1) is 0 Å². The largest absolute Gasteiger partial charge is 0.490 e. The lowest BCUT2D eigenvalue weighted by Crippen LogP contribution is -2.47. The molecule has 1 amide bonds. The molecule has 0 spiro atoms. The van der Waals surface area contributed by atoms with E-state index in [0.29, 0.717) is 36.8 Å². The van der Waals surface area contributed by atoms with E-state index in [9.17, 15) is 4.79 Å². The van der Waals surface area contributed by atoms with Gasteiger partial charge < -0.3 is 20.1 Å². The van der Waals surface area contributed by atoms with Crippen LogP contribution < -0.4 is 15.2 Å². The van der Waals surface area contributed by atoms with Gasteiger partial charge in [0, 0.05) is 42.7 Å². The molecule has 0 bridgehead atoms. The van der Waals surface area contributed by atoms with Gasteiger partial charge in [0.05, 0.1) is 6.61 Å². The second-order valence-corrected chi connectivity index (χ2v) is 6.63. The Morgan fingerprint density at radius 1 is 1.26 bits per heavy atom. The Bertz CT molecular complexity index is 752. The van der Waals surface area contributed by atoms with E-state index in [1.165, 1.54) is 0 Å². The van der Waals surface area contributed by atoms with Gasteiger partial charge in [-0.3, -0.25) is 9.78 Å². The maximum absolute atomic E-state index is 13.0. The van der Waals surface area contributed by atoms with Gasteiger partial charge in [-0.2, -0.15) is 0 Å². The van der Waals surface area contributed by atoms with Crippen LogP contribution in [0.2, 0.25) is 0 Å². The molecule has 2 N–H and O–H groups in total. The summed E-state index contributed by atoms with van der Waals surface area (Å²) < 4.78 is 11.6. The minimum Gasteiger partial charge on any atom is -0.490 e. The van der Waals surface area contributed by atoms with Crippen LogP contribution >= 0.6 is 0 Å². The van der Waals surface area contributed by atoms with Gasteiger partial charge in [-0.25, -0.2) is 0 Å². The van der Waals surface area contributed by atoms with Crippen molar-refractivity contribution in [1.29, 1.82) is 0 Å². The number of nitrogens with two attached hydrogens (primary N) is 1. The lowest BCUT2D eigenvalue weighted by molar-refractivity contribution is 0.0623. The van der Waals surface area contributed by atoms with E-state index in [-0.39, 0.29) is 11.9 Å². The predicted molar refractivity (Wildman–Crippen MR) is 104 cm³/mol. The molecule has 0 saturated carbocycles. The molecule has 1 aromatic carbocycles. The molecule has 0 aliphatic carbocycles. The number of benzene rings is 1. The number of likely N-dealkylation sites (tertiary alicyclic amines) is 1. The van der Waals surface area contributed by atoms with E-state index in [4.69, 9.17) is 15.2 Å². The first-order valence-electron chi connectivity index (χ1n) is 9.52. The predicted octanol–water partition coefficient (Wildman–Crippen LogP) is 3.01. The van der Waals surface area contributed by atoms with Crippen LogP contribution in [0.3, 0.4) is 0 Å². The van der Waals surface area contributed by atoms with Crippen LogP contribution in [0.15, 0.2) is 42.7 Å². The molecule has 1 aliphatic rings. The quantitative estimate of drug-likeness (QED) is 0.812. The zero-order valence-electron chi connectivity index (χ0n) is 15.8. The zero-order chi connectivity index (χ0) is 19.1. The van der Waals surface area contributed by atoms with E-state index in [0.717, 1.165) is 31.4 Å². The summed E-state index contributed by atoms with van der Waals surface area (Å²) in [7, 11) is 0. The third-order valence-corrected chi connectivity index (χ3v) is 4.77.